The predicted molar refractivity (Wildman–Crippen MR) is 121 cm³/mol. The number of carbonyl (C=O) groups is 1. The molecule has 0 unspecified atom stereocenters. The second-order valence-corrected chi connectivity index (χ2v) is 9.57. The average molecular weight is 448 g/mol. The molecule has 3 rings (SSSR count). The first kappa shape index (κ1) is 22.9. The molecular formula is C22H29N3O5S. The SMILES string of the molecule is COc1cccc(N(CC(=O)Nc2ccc(OC3CCN(C)CC3)cc2)S(C)(=O)=O)c1. The molecule has 2 aromatic carbocycles. The lowest BCUT2D eigenvalue weighted by molar-refractivity contribution is -0.114. The number of nitrogens with zero attached hydrogens (tertiary/aromatic N) is 2. The van der Waals surface area contributed by atoms with E-state index >= 15 is 0 Å². The summed E-state index contributed by atoms with van der Waals surface area (Å²) >= 11 is 0. The van der Waals surface area contributed by atoms with Gasteiger partial charge in [-0.05, 0) is 56.3 Å². The van der Waals surface area contributed by atoms with Crippen molar-refractivity contribution in [2.24, 2.45) is 0 Å². The molecular weight excluding hydrogens is 418 g/mol. The van der Waals surface area contributed by atoms with Crippen LogP contribution in [-0.2, 0) is 14.8 Å². The zero-order valence-electron chi connectivity index (χ0n) is 18.1. The molecule has 1 fully saturated rings. The summed E-state index contributed by atoms with van der Waals surface area (Å²) in [6, 6.07) is 13.7. The zero-order chi connectivity index (χ0) is 22.4. The van der Waals surface area contributed by atoms with Gasteiger partial charge in [-0.25, -0.2) is 8.42 Å². The normalized spacial score (nSPS) is 15.3. The minimum atomic E-state index is -3.66. The fourth-order valence-electron chi connectivity index (χ4n) is 3.41. The van der Waals surface area contributed by atoms with Crippen LogP contribution in [0.15, 0.2) is 48.5 Å². The van der Waals surface area contributed by atoms with Crippen molar-refractivity contribution in [1.29, 1.82) is 0 Å². The van der Waals surface area contributed by atoms with Crippen LogP contribution in [0.4, 0.5) is 11.4 Å². The van der Waals surface area contributed by atoms with Crippen LogP contribution in [0.2, 0.25) is 0 Å². The Kier molecular flexibility index (Phi) is 7.40. The van der Waals surface area contributed by atoms with Crippen molar-refractivity contribution in [3.8, 4) is 11.5 Å². The summed E-state index contributed by atoms with van der Waals surface area (Å²) in [5.41, 5.74) is 0.929. The number of piperidine rings is 1. The number of amides is 1. The lowest BCUT2D eigenvalue weighted by Gasteiger charge is -2.29. The maximum atomic E-state index is 12.5. The van der Waals surface area contributed by atoms with E-state index in [4.69, 9.17) is 9.47 Å². The van der Waals surface area contributed by atoms with Gasteiger partial charge in [0.2, 0.25) is 15.9 Å². The van der Waals surface area contributed by atoms with Gasteiger partial charge in [0.25, 0.3) is 0 Å². The van der Waals surface area contributed by atoms with Crippen molar-refractivity contribution >= 4 is 27.3 Å². The summed E-state index contributed by atoms with van der Waals surface area (Å²) in [4.78, 5) is 14.8. The second-order valence-electron chi connectivity index (χ2n) is 7.66. The van der Waals surface area contributed by atoms with Gasteiger partial charge in [0.05, 0.1) is 19.1 Å². The summed E-state index contributed by atoms with van der Waals surface area (Å²) in [6.45, 7) is 1.69. The van der Waals surface area contributed by atoms with Crippen LogP contribution in [0.3, 0.4) is 0 Å². The number of benzene rings is 2. The smallest absolute Gasteiger partial charge is 0.245 e. The standard InChI is InChI=1S/C22H29N3O5S/c1-24-13-11-20(12-14-24)30-19-9-7-17(8-10-19)23-22(26)16-25(31(3,27)28)18-5-4-6-21(15-18)29-2/h4-10,15,20H,11-14,16H2,1-3H3,(H,23,26). The van der Waals surface area contributed by atoms with Crippen LogP contribution in [-0.4, -0.2) is 65.4 Å². The average Bonchev–Trinajstić information content (AvgIpc) is 2.74. The molecule has 0 radical (unpaired) electrons. The highest BCUT2D eigenvalue weighted by molar-refractivity contribution is 7.92. The summed E-state index contributed by atoms with van der Waals surface area (Å²) in [7, 11) is -0.0631. The number of ether oxygens (including phenoxy) is 2. The number of sulfonamides is 1. The Bertz CT molecular complexity index is 986. The molecule has 8 nitrogen and oxygen atoms in total. The first-order valence-corrected chi connectivity index (χ1v) is 12.0. The van der Waals surface area contributed by atoms with E-state index in [-0.39, 0.29) is 12.6 Å². The van der Waals surface area contributed by atoms with Gasteiger partial charge in [0.1, 0.15) is 24.1 Å². The van der Waals surface area contributed by atoms with Crippen LogP contribution in [0.1, 0.15) is 12.8 Å². The Labute approximate surface area is 183 Å². The molecule has 2 aromatic rings. The molecule has 31 heavy (non-hydrogen) atoms. The van der Waals surface area contributed by atoms with Crippen molar-refractivity contribution in [2.75, 3.05) is 49.7 Å². The van der Waals surface area contributed by atoms with E-state index in [2.05, 4.69) is 17.3 Å². The number of hydrogen-bond donors (Lipinski definition) is 1. The van der Waals surface area contributed by atoms with Crippen LogP contribution >= 0.6 is 0 Å². The highest BCUT2D eigenvalue weighted by Gasteiger charge is 2.22. The molecule has 1 amide bonds. The lowest BCUT2D eigenvalue weighted by atomic mass is 10.1. The Morgan fingerprint density at radius 2 is 1.81 bits per heavy atom. The first-order chi connectivity index (χ1) is 14.7. The molecule has 0 spiro atoms. The van der Waals surface area contributed by atoms with Crippen molar-refractivity contribution in [1.82, 2.24) is 4.90 Å². The summed E-state index contributed by atoms with van der Waals surface area (Å²) < 4.78 is 36.7. The highest BCUT2D eigenvalue weighted by Crippen LogP contribution is 2.24. The molecule has 168 valence electrons. The van der Waals surface area contributed by atoms with Crippen LogP contribution in [0.25, 0.3) is 0 Å². The van der Waals surface area contributed by atoms with E-state index in [0.717, 1.165) is 42.2 Å². The number of methoxy groups -OCH3 is 1. The van der Waals surface area contributed by atoms with E-state index in [1.54, 1.807) is 36.4 Å². The van der Waals surface area contributed by atoms with Gasteiger partial charge in [0.15, 0.2) is 0 Å². The third-order valence-electron chi connectivity index (χ3n) is 5.14. The number of nitrogens with one attached hydrogen (secondary N) is 1. The van der Waals surface area contributed by atoms with E-state index in [0.29, 0.717) is 17.1 Å². The number of carbonyl (C=O) groups excluding carboxylic acids is 1. The molecule has 0 aromatic heterocycles. The molecule has 0 atom stereocenters. The first-order valence-electron chi connectivity index (χ1n) is 10.1. The maximum Gasteiger partial charge on any atom is 0.245 e. The Hall–Kier alpha value is -2.78. The molecule has 9 heteroatoms. The number of likely N-dealkylation sites (tertiary alicyclic amines) is 1. The minimum absolute atomic E-state index is 0.197. The Balaban J connectivity index is 1.61. The molecule has 1 saturated heterocycles. The number of hydrogen-bond acceptors (Lipinski definition) is 6. The molecule has 0 bridgehead atoms. The molecule has 1 heterocycles. The van der Waals surface area contributed by atoms with E-state index < -0.39 is 15.9 Å². The molecule has 1 aliphatic rings. The third kappa shape index (κ3) is 6.60. The van der Waals surface area contributed by atoms with Gasteiger partial charge in [-0.2, -0.15) is 0 Å². The van der Waals surface area contributed by atoms with E-state index in [1.807, 2.05) is 12.1 Å². The van der Waals surface area contributed by atoms with Gasteiger partial charge in [0, 0.05) is 24.8 Å². The monoisotopic (exact) mass is 447 g/mol. The number of anilines is 2. The number of rotatable bonds is 8. The fourth-order valence-corrected chi connectivity index (χ4v) is 4.26. The van der Waals surface area contributed by atoms with Crippen LogP contribution in [0.5, 0.6) is 11.5 Å². The van der Waals surface area contributed by atoms with Gasteiger partial charge in [-0.1, -0.05) is 6.07 Å². The second kappa shape index (κ2) is 10.0. The van der Waals surface area contributed by atoms with Gasteiger partial charge in [-0.3, -0.25) is 9.10 Å². The van der Waals surface area contributed by atoms with Crippen molar-refractivity contribution in [3.05, 3.63) is 48.5 Å². The van der Waals surface area contributed by atoms with E-state index in [9.17, 15) is 13.2 Å². The minimum Gasteiger partial charge on any atom is -0.497 e. The maximum absolute atomic E-state index is 12.5. The summed E-state index contributed by atoms with van der Waals surface area (Å²) in [6.07, 6.45) is 3.23. The van der Waals surface area contributed by atoms with Crippen molar-refractivity contribution < 1.29 is 22.7 Å². The van der Waals surface area contributed by atoms with Gasteiger partial charge in [-0.15, -0.1) is 0 Å². The topological polar surface area (TPSA) is 88.2 Å². The van der Waals surface area contributed by atoms with Crippen LogP contribution in [0, 0.1) is 0 Å². The summed E-state index contributed by atoms with van der Waals surface area (Å²) in [5, 5.41) is 2.74. The third-order valence-corrected chi connectivity index (χ3v) is 6.28. The van der Waals surface area contributed by atoms with Gasteiger partial charge < -0.3 is 19.7 Å². The zero-order valence-corrected chi connectivity index (χ0v) is 18.9. The predicted octanol–water partition coefficient (Wildman–Crippen LogP) is 2.57. The van der Waals surface area contributed by atoms with Crippen molar-refractivity contribution in [2.45, 2.75) is 18.9 Å². The molecule has 1 N–H and O–H groups in total. The van der Waals surface area contributed by atoms with Gasteiger partial charge >= 0.3 is 0 Å². The molecule has 0 aliphatic carbocycles. The Morgan fingerprint density at radius 3 is 2.42 bits per heavy atom. The highest BCUT2D eigenvalue weighted by atomic mass is 32.2. The van der Waals surface area contributed by atoms with E-state index in [1.165, 1.54) is 7.11 Å². The van der Waals surface area contributed by atoms with Crippen molar-refractivity contribution in [3.63, 3.8) is 0 Å². The van der Waals surface area contributed by atoms with Crippen LogP contribution < -0.4 is 19.1 Å². The Morgan fingerprint density at radius 1 is 1.13 bits per heavy atom. The largest absolute Gasteiger partial charge is 0.497 e. The molecule has 1 aliphatic heterocycles. The quantitative estimate of drug-likeness (QED) is 0.669. The fraction of sp³-hybridized carbons (Fsp3) is 0.409. The lowest BCUT2D eigenvalue weighted by Crippen LogP contribution is -2.37. The molecule has 0 saturated carbocycles. The summed E-state index contributed by atoms with van der Waals surface area (Å²) in [5.74, 6) is 0.811.